The van der Waals surface area contributed by atoms with Crippen LogP contribution in [0.25, 0.3) is 22.3 Å². The van der Waals surface area contributed by atoms with Crippen molar-refractivity contribution in [3.63, 3.8) is 0 Å². The summed E-state index contributed by atoms with van der Waals surface area (Å²) in [6, 6.07) is 12.1. The molecule has 3 heterocycles. The molecule has 1 aliphatic rings. The third-order valence-corrected chi connectivity index (χ3v) is 4.63. The second-order valence-electron chi connectivity index (χ2n) is 6.49. The maximum atomic E-state index is 5.90. The SMILES string of the molecule is CN(CC1CCCCO1)c1nc(-c2ccncc2)nc2ccccc12. The van der Waals surface area contributed by atoms with Crippen molar-refractivity contribution in [1.82, 2.24) is 15.0 Å². The third-order valence-electron chi connectivity index (χ3n) is 4.63. The maximum absolute atomic E-state index is 5.90. The average Bonchev–Trinajstić information content (AvgIpc) is 2.68. The largest absolute Gasteiger partial charge is 0.376 e. The van der Waals surface area contributed by atoms with E-state index in [1.54, 1.807) is 12.4 Å². The fourth-order valence-corrected chi connectivity index (χ4v) is 3.32. The van der Waals surface area contributed by atoms with Crippen molar-refractivity contribution in [2.24, 2.45) is 0 Å². The van der Waals surface area contributed by atoms with Crippen LogP contribution in [0.15, 0.2) is 48.8 Å². The van der Waals surface area contributed by atoms with Crippen LogP contribution in [0, 0.1) is 0 Å². The lowest BCUT2D eigenvalue weighted by Crippen LogP contribution is -2.34. The Hall–Kier alpha value is -2.53. The molecule has 1 aromatic carbocycles. The summed E-state index contributed by atoms with van der Waals surface area (Å²) in [5, 5.41) is 1.07. The number of para-hydroxylation sites is 1. The number of ether oxygens (including phenoxy) is 1. The van der Waals surface area contributed by atoms with Gasteiger partial charge in [-0.2, -0.15) is 0 Å². The van der Waals surface area contributed by atoms with Gasteiger partial charge in [0.1, 0.15) is 5.82 Å². The molecule has 1 atom stereocenters. The Kier molecular flexibility index (Phi) is 4.57. The molecule has 1 aliphatic heterocycles. The summed E-state index contributed by atoms with van der Waals surface area (Å²) in [6.07, 6.45) is 7.34. The van der Waals surface area contributed by atoms with Crippen molar-refractivity contribution in [1.29, 1.82) is 0 Å². The first kappa shape index (κ1) is 16.0. The van der Waals surface area contributed by atoms with Gasteiger partial charge in [0.15, 0.2) is 5.82 Å². The van der Waals surface area contributed by atoms with Crippen LogP contribution in [0.4, 0.5) is 5.82 Å². The number of anilines is 1. The standard InChI is InChI=1S/C20H22N4O/c1-24(14-16-6-4-5-13-25-16)20-17-7-2-3-8-18(17)22-19(23-20)15-9-11-21-12-10-15/h2-3,7-12,16H,4-6,13-14H2,1H3. The molecule has 0 amide bonds. The Labute approximate surface area is 147 Å². The Morgan fingerprint density at radius 3 is 2.72 bits per heavy atom. The van der Waals surface area contributed by atoms with Crippen molar-refractivity contribution in [2.75, 3.05) is 25.1 Å². The Morgan fingerprint density at radius 2 is 1.92 bits per heavy atom. The minimum absolute atomic E-state index is 0.275. The highest BCUT2D eigenvalue weighted by atomic mass is 16.5. The molecule has 128 valence electrons. The van der Waals surface area contributed by atoms with Crippen LogP contribution in [0.2, 0.25) is 0 Å². The van der Waals surface area contributed by atoms with Crippen molar-refractivity contribution in [2.45, 2.75) is 25.4 Å². The normalized spacial score (nSPS) is 17.6. The maximum Gasteiger partial charge on any atom is 0.162 e. The molecule has 0 N–H and O–H groups in total. The van der Waals surface area contributed by atoms with E-state index in [0.29, 0.717) is 0 Å². The van der Waals surface area contributed by atoms with E-state index < -0.39 is 0 Å². The molecular weight excluding hydrogens is 312 g/mol. The minimum Gasteiger partial charge on any atom is -0.376 e. The first-order chi connectivity index (χ1) is 12.3. The summed E-state index contributed by atoms with van der Waals surface area (Å²) in [5.41, 5.74) is 1.93. The van der Waals surface area contributed by atoms with Gasteiger partial charge >= 0.3 is 0 Å². The lowest BCUT2D eigenvalue weighted by Gasteiger charge is -2.28. The van der Waals surface area contributed by atoms with Crippen LogP contribution < -0.4 is 4.90 Å². The van der Waals surface area contributed by atoms with E-state index in [4.69, 9.17) is 14.7 Å². The highest BCUT2D eigenvalue weighted by Gasteiger charge is 2.19. The van der Waals surface area contributed by atoms with E-state index >= 15 is 0 Å². The van der Waals surface area contributed by atoms with Gasteiger partial charge in [-0.25, -0.2) is 9.97 Å². The molecular formula is C20H22N4O. The number of hydrogen-bond donors (Lipinski definition) is 0. The zero-order valence-corrected chi connectivity index (χ0v) is 14.4. The second-order valence-corrected chi connectivity index (χ2v) is 6.49. The van der Waals surface area contributed by atoms with E-state index in [2.05, 4.69) is 23.0 Å². The zero-order valence-electron chi connectivity index (χ0n) is 14.4. The quantitative estimate of drug-likeness (QED) is 0.728. The number of pyridine rings is 1. The molecule has 25 heavy (non-hydrogen) atoms. The van der Waals surface area contributed by atoms with Gasteiger partial charge in [-0.3, -0.25) is 4.98 Å². The average molecular weight is 334 g/mol. The predicted octanol–water partition coefficient (Wildman–Crippen LogP) is 3.70. The summed E-state index contributed by atoms with van der Waals surface area (Å²) in [6.45, 7) is 1.71. The highest BCUT2D eigenvalue weighted by Crippen LogP contribution is 2.27. The second kappa shape index (κ2) is 7.15. The molecule has 0 spiro atoms. The summed E-state index contributed by atoms with van der Waals surface area (Å²) >= 11 is 0. The van der Waals surface area contributed by atoms with E-state index in [0.717, 1.165) is 47.7 Å². The molecule has 0 saturated carbocycles. The molecule has 3 aromatic rings. The van der Waals surface area contributed by atoms with E-state index in [-0.39, 0.29) is 6.10 Å². The Balaban J connectivity index is 1.73. The molecule has 4 rings (SSSR count). The van der Waals surface area contributed by atoms with Crippen LogP contribution in [0.3, 0.4) is 0 Å². The molecule has 1 unspecified atom stereocenters. The fourth-order valence-electron chi connectivity index (χ4n) is 3.32. The fraction of sp³-hybridized carbons (Fsp3) is 0.350. The number of rotatable bonds is 4. The summed E-state index contributed by atoms with van der Waals surface area (Å²) in [7, 11) is 2.09. The lowest BCUT2D eigenvalue weighted by molar-refractivity contribution is 0.0215. The number of hydrogen-bond acceptors (Lipinski definition) is 5. The Bertz CT molecular complexity index is 847. The van der Waals surface area contributed by atoms with Crippen LogP contribution in [0.5, 0.6) is 0 Å². The molecule has 1 saturated heterocycles. The van der Waals surface area contributed by atoms with Crippen LogP contribution in [-0.4, -0.2) is 41.3 Å². The molecule has 1 fully saturated rings. The first-order valence-corrected chi connectivity index (χ1v) is 8.81. The first-order valence-electron chi connectivity index (χ1n) is 8.81. The van der Waals surface area contributed by atoms with Crippen LogP contribution >= 0.6 is 0 Å². The number of benzene rings is 1. The van der Waals surface area contributed by atoms with E-state index in [1.165, 1.54) is 12.8 Å². The van der Waals surface area contributed by atoms with Crippen molar-refractivity contribution in [3.05, 3.63) is 48.8 Å². The van der Waals surface area contributed by atoms with Gasteiger partial charge in [0.25, 0.3) is 0 Å². The van der Waals surface area contributed by atoms with E-state index in [9.17, 15) is 0 Å². The van der Waals surface area contributed by atoms with Gasteiger partial charge in [0.05, 0.1) is 11.6 Å². The van der Waals surface area contributed by atoms with Crippen LogP contribution in [-0.2, 0) is 4.74 Å². The van der Waals surface area contributed by atoms with Gasteiger partial charge in [-0.1, -0.05) is 12.1 Å². The van der Waals surface area contributed by atoms with Gasteiger partial charge in [-0.05, 0) is 43.5 Å². The smallest absolute Gasteiger partial charge is 0.162 e. The van der Waals surface area contributed by atoms with Crippen LogP contribution in [0.1, 0.15) is 19.3 Å². The van der Waals surface area contributed by atoms with Gasteiger partial charge < -0.3 is 9.64 Å². The molecule has 0 bridgehead atoms. The number of fused-ring (bicyclic) bond motifs is 1. The molecule has 0 radical (unpaired) electrons. The summed E-state index contributed by atoms with van der Waals surface area (Å²) in [4.78, 5) is 15.9. The summed E-state index contributed by atoms with van der Waals surface area (Å²) < 4.78 is 5.90. The predicted molar refractivity (Wildman–Crippen MR) is 99.6 cm³/mol. The van der Waals surface area contributed by atoms with Crippen molar-refractivity contribution < 1.29 is 4.74 Å². The van der Waals surface area contributed by atoms with Gasteiger partial charge in [-0.15, -0.1) is 0 Å². The summed E-state index contributed by atoms with van der Waals surface area (Å²) in [5.74, 6) is 1.68. The Morgan fingerprint density at radius 1 is 1.08 bits per heavy atom. The minimum atomic E-state index is 0.275. The molecule has 0 aliphatic carbocycles. The van der Waals surface area contributed by atoms with Crippen molar-refractivity contribution in [3.8, 4) is 11.4 Å². The molecule has 2 aromatic heterocycles. The highest BCUT2D eigenvalue weighted by molar-refractivity contribution is 5.90. The number of likely N-dealkylation sites (N-methyl/N-ethyl adjacent to an activating group) is 1. The zero-order chi connectivity index (χ0) is 17.1. The number of aromatic nitrogens is 3. The number of nitrogens with zero attached hydrogens (tertiary/aromatic N) is 4. The molecule has 5 nitrogen and oxygen atoms in total. The van der Waals surface area contributed by atoms with Gasteiger partial charge in [0, 0.05) is 43.5 Å². The lowest BCUT2D eigenvalue weighted by atomic mass is 10.1. The van der Waals surface area contributed by atoms with E-state index in [1.807, 2.05) is 30.3 Å². The van der Waals surface area contributed by atoms with Gasteiger partial charge in [0.2, 0.25) is 0 Å². The van der Waals surface area contributed by atoms with Crippen molar-refractivity contribution >= 4 is 16.7 Å². The third kappa shape index (κ3) is 3.46. The topological polar surface area (TPSA) is 51.1 Å². The molecule has 5 heteroatoms. The monoisotopic (exact) mass is 334 g/mol.